The van der Waals surface area contributed by atoms with Crippen molar-refractivity contribution in [3.8, 4) is 11.1 Å². The van der Waals surface area contributed by atoms with E-state index in [2.05, 4.69) is 20.9 Å². The second-order valence-corrected chi connectivity index (χ2v) is 9.39. The first-order valence-corrected chi connectivity index (χ1v) is 12.3. The van der Waals surface area contributed by atoms with Crippen LogP contribution in [0.2, 0.25) is 0 Å². The van der Waals surface area contributed by atoms with Crippen LogP contribution in [0.25, 0.3) is 11.1 Å². The van der Waals surface area contributed by atoms with Crippen LogP contribution in [-0.4, -0.2) is 31.0 Å². The zero-order valence-corrected chi connectivity index (χ0v) is 20.8. The minimum absolute atomic E-state index is 0.175. The molecule has 9 heteroatoms. The lowest BCUT2D eigenvalue weighted by molar-refractivity contribution is 0.0962. The molecule has 4 rings (SSSR count). The van der Waals surface area contributed by atoms with E-state index >= 15 is 4.39 Å². The van der Waals surface area contributed by atoms with Gasteiger partial charge in [-0.15, -0.1) is 0 Å². The molecule has 1 heterocycles. The number of aldehydes is 1. The maximum absolute atomic E-state index is 15.1. The van der Waals surface area contributed by atoms with Crippen molar-refractivity contribution >= 4 is 49.6 Å². The number of para-hydroxylation sites is 1. The fourth-order valence-corrected chi connectivity index (χ4v) is 4.82. The molecule has 178 valence electrons. The minimum Gasteiger partial charge on any atom is -0.358 e. The highest BCUT2D eigenvalue weighted by Gasteiger charge is 2.19. The van der Waals surface area contributed by atoms with Gasteiger partial charge in [0, 0.05) is 18.2 Å². The van der Waals surface area contributed by atoms with Crippen molar-refractivity contribution in [1.29, 1.82) is 0 Å². The molecule has 3 N–H and O–H groups in total. The molecule has 0 bridgehead atoms. The van der Waals surface area contributed by atoms with E-state index in [-0.39, 0.29) is 14.5 Å². The highest BCUT2D eigenvalue weighted by Crippen LogP contribution is 2.35. The third-order valence-electron chi connectivity index (χ3n) is 5.48. The lowest BCUT2D eigenvalue weighted by Gasteiger charge is -2.22. The number of amides is 1. The second-order valence-electron chi connectivity index (χ2n) is 7.82. The topological polar surface area (TPSA) is 82.6 Å². The molecule has 2 atom stereocenters. The molecule has 1 amide bonds. The number of aryl methyl sites for hydroxylation is 1. The van der Waals surface area contributed by atoms with Crippen molar-refractivity contribution in [2.24, 2.45) is 4.99 Å². The molecule has 0 saturated heterocycles. The Morgan fingerprint density at radius 2 is 1.86 bits per heavy atom. The number of hydrogen-bond donors (Lipinski definition) is 3. The van der Waals surface area contributed by atoms with Crippen LogP contribution in [0.4, 0.5) is 15.8 Å². The first-order valence-electron chi connectivity index (χ1n) is 10.8. The van der Waals surface area contributed by atoms with Gasteiger partial charge in [0.2, 0.25) is 0 Å². The molecule has 0 fully saturated rings. The number of benzene rings is 3. The summed E-state index contributed by atoms with van der Waals surface area (Å²) in [6.07, 6.45) is 0.757. The minimum atomic E-state index is -0.421. The molecule has 6 nitrogen and oxygen atoms in total. The van der Waals surface area contributed by atoms with Gasteiger partial charge in [0.15, 0.2) is 6.29 Å². The molecule has 1 aliphatic rings. The lowest BCUT2D eigenvalue weighted by Crippen LogP contribution is -2.23. The smallest absolute Gasteiger partial charge is 0.251 e. The van der Waals surface area contributed by atoms with Gasteiger partial charge >= 0.3 is 0 Å². The Morgan fingerprint density at radius 1 is 1.11 bits per heavy atom. The van der Waals surface area contributed by atoms with Crippen molar-refractivity contribution in [2.45, 2.75) is 12.8 Å². The first-order chi connectivity index (χ1) is 16.9. The monoisotopic (exact) mass is 508 g/mol. The van der Waals surface area contributed by atoms with Crippen LogP contribution in [-0.2, 0) is 0 Å². The zero-order chi connectivity index (χ0) is 24.9. The van der Waals surface area contributed by atoms with Gasteiger partial charge < -0.3 is 16.0 Å². The van der Waals surface area contributed by atoms with Crippen LogP contribution in [0.3, 0.4) is 0 Å². The van der Waals surface area contributed by atoms with Crippen molar-refractivity contribution in [3.05, 3.63) is 94.0 Å². The summed E-state index contributed by atoms with van der Waals surface area (Å²) in [6.45, 7) is 1.90. The fraction of sp³-hybridized carbons (Fsp3) is 0.115. The van der Waals surface area contributed by atoms with E-state index in [0.717, 1.165) is 23.0 Å². The number of carbonyl (C=O) groups is 2. The summed E-state index contributed by atoms with van der Waals surface area (Å²) in [6, 6.07) is 17.3. The van der Waals surface area contributed by atoms with Gasteiger partial charge in [-0.25, -0.2) is 9.38 Å². The van der Waals surface area contributed by atoms with Crippen LogP contribution >= 0.6 is 20.2 Å². The van der Waals surface area contributed by atoms with E-state index in [0.29, 0.717) is 33.4 Å². The van der Waals surface area contributed by atoms with E-state index in [1.807, 2.05) is 12.7 Å². The highest BCUT2D eigenvalue weighted by atomic mass is 35.5. The molecular weight excluding hydrogens is 486 g/mol. The third kappa shape index (κ3) is 5.59. The molecule has 0 radical (unpaired) electrons. The average molecular weight is 509 g/mol. The highest BCUT2D eigenvalue weighted by molar-refractivity contribution is 7.43. The third-order valence-corrected chi connectivity index (χ3v) is 7.00. The number of aliphatic imine (C=N–C) groups is 1. The van der Waals surface area contributed by atoms with Crippen LogP contribution in [0.5, 0.6) is 0 Å². The number of nitrogens with zero attached hydrogens (tertiary/aromatic N) is 1. The molecule has 0 spiro atoms. The average Bonchev–Trinajstić information content (AvgIpc) is 2.88. The number of rotatable bonds is 6. The van der Waals surface area contributed by atoms with Gasteiger partial charge in [-0.2, -0.15) is 0 Å². The van der Waals surface area contributed by atoms with Crippen LogP contribution in [0.15, 0.2) is 76.5 Å². The Morgan fingerprint density at radius 3 is 2.57 bits per heavy atom. The zero-order valence-electron chi connectivity index (χ0n) is 19.0. The van der Waals surface area contributed by atoms with Gasteiger partial charge in [0.25, 0.3) is 5.91 Å². The lowest BCUT2D eigenvalue weighted by atomic mass is 9.98. The molecule has 2 unspecified atom stereocenters. The largest absolute Gasteiger partial charge is 0.358 e. The molecule has 0 aliphatic carbocycles. The number of halogens is 2. The molecule has 0 saturated carbocycles. The summed E-state index contributed by atoms with van der Waals surface area (Å²) in [7, 11) is 1.77. The van der Waals surface area contributed by atoms with Gasteiger partial charge in [-0.3, -0.25) is 9.59 Å². The summed E-state index contributed by atoms with van der Waals surface area (Å²) < 4.78 is 15.1. The van der Waals surface area contributed by atoms with E-state index in [1.54, 1.807) is 61.6 Å². The van der Waals surface area contributed by atoms with E-state index in [9.17, 15) is 9.59 Å². The second kappa shape index (κ2) is 10.8. The van der Waals surface area contributed by atoms with E-state index in [1.165, 1.54) is 6.07 Å². The Labute approximate surface area is 209 Å². The fourth-order valence-electron chi connectivity index (χ4n) is 3.65. The maximum Gasteiger partial charge on any atom is 0.251 e. The van der Waals surface area contributed by atoms with Gasteiger partial charge in [-0.05, 0) is 74.4 Å². The number of nitrogens with one attached hydrogen (secondary N) is 3. The number of hydrogen-bond acceptors (Lipinski definition) is 5. The van der Waals surface area contributed by atoms with Gasteiger partial charge in [-0.1, -0.05) is 35.9 Å². The Bertz CT molecular complexity index is 1340. The number of anilines is 2. The van der Waals surface area contributed by atoms with E-state index < -0.39 is 11.7 Å². The summed E-state index contributed by atoms with van der Waals surface area (Å²) in [5.74, 6) is 1.22. The van der Waals surface area contributed by atoms with Crippen LogP contribution in [0.1, 0.15) is 26.3 Å². The predicted molar refractivity (Wildman–Crippen MR) is 143 cm³/mol. The van der Waals surface area contributed by atoms with Crippen LogP contribution < -0.4 is 16.0 Å². The maximum atomic E-state index is 15.1. The summed E-state index contributed by atoms with van der Waals surface area (Å²) >= 11 is 6.34. The normalized spacial score (nSPS) is 15.7. The predicted octanol–water partition coefficient (Wildman–Crippen LogP) is 5.95. The Kier molecular flexibility index (Phi) is 7.59. The molecule has 0 aromatic heterocycles. The number of carbonyl (C=O) groups excluding carboxylic acids is 2. The summed E-state index contributed by atoms with van der Waals surface area (Å²) in [5.41, 5.74) is 4.36. The van der Waals surface area contributed by atoms with Crippen molar-refractivity contribution in [1.82, 2.24) is 5.32 Å². The first kappa shape index (κ1) is 24.6. The van der Waals surface area contributed by atoms with Gasteiger partial charge in [0.1, 0.15) is 17.6 Å². The van der Waals surface area contributed by atoms with Crippen molar-refractivity contribution < 1.29 is 14.0 Å². The summed E-state index contributed by atoms with van der Waals surface area (Å²) in [4.78, 5) is 27.7. The molecule has 35 heavy (non-hydrogen) atoms. The molecule has 3 aromatic carbocycles. The summed E-state index contributed by atoms with van der Waals surface area (Å²) in [5, 5.41) is 9.27. The quantitative estimate of drug-likeness (QED) is 0.284. The molecule has 1 aliphatic heterocycles. The van der Waals surface area contributed by atoms with Gasteiger partial charge in [0.05, 0.1) is 16.4 Å². The van der Waals surface area contributed by atoms with E-state index in [4.69, 9.17) is 11.6 Å². The Hall–Kier alpha value is -3.54. The molecule has 3 aromatic rings. The Balaban J connectivity index is 1.54. The standard InChI is InChI=1S/C26H23ClFN4O2P/c1-15-11-23(21(28)12-19(15)16-7-9-17(10-8-16)25(34)29-2)31-26-32-24(20(27)14-35-26)30-22-6-4-3-5-18(22)13-33/h3-14,26,31,35H,1-2H3,(H,29,34)(H,30,32). The SMILES string of the molecule is CNC(=O)c1ccc(-c2cc(F)c(NC3N=C(Nc4ccccc4C=O)C(Cl)=CP3)cc2C)cc1. The molecular formula is C26H23ClFN4O2P. The van der Waals surface area contributed by atoms with Crippen molar-refractivity contribution in [3.63, 3.8) is 0 Å². The number of amidine groups is 1. The van der Waals surface area contributed by atoms with Crippen molar-refractivity contribution in [2.75, 3.05) is 17.7 Å². The van der Waals surface area contributed by atoms with Crippen LogP contribution in [0, 0.1) is 12.7 Å².